The summed E-state index contributed by atoms with van der Waals surface area (Å²) in [6.07, 6.45) is 5.43. The summed E-state index contributed by atoms with van der Waals surface area (Å²) in [7, 11) is 0. The molecule has 27 heavy (non-hydrogen) atoms. The molecule has 0 spiro atoms. The second kappa shape index (κ2) is 5.54. The summed E-state index contributed by atoms with van der Waals surface area (Å²) in [5, 5.41) is 2.91. The average molecular weight is 364 g/mol. The molecule has 2 bridgehead atoms. The molecule has 1 aromatic rings. The van der Waals surface area contributed by atoms with Gasteiger partial charge in [0.05, 0.1) is 11.8 Å². The Bertz CT molecular complexity index is 869. The molecule has 4 aliphatic carbocycles. The van der Waals surface area contributed by atoms with E-state index in [0.29, 0.717) is 11.8 Å². The Morgan fingerprint density at radius 1 is 1.07 bits per heavy atom. The number of anilines is 1. The van der Waals surface area contributed by atoms with Crippen LogP contribution in [0.5, 0.6) is 0 Å². The van der Waals surface area contributed by atoms with Crippen molar-refractivity contribution in [2.24, 2.45) is 35.5 Å². The standard InChI is InChI=1S/C22H24N2O3/c1-10-5-4-6-17(11(10)2)23-20(25)12(3)24-21(26)18-13-7-8-14(16-9-15(13)16)19(18)22(24)27/h4-8,12-16,18-19H,9H2,1-3H3,(H,23,25)/t12-,13+,14+,15+,16+,18-,19+/m0/s1. The van der Waals surface area contributed by atoms with Gasteiger partial charge in [-0.3, -0.25) is 19.3 Å². The van der Waals surface area contributed by atoms with E-state index in [9.17, 15) is 14.4 Å². The van der Waals surface area contributed by atoms with Gasteiger partial charge in [0, 0.05) is 5.69 Å². The molecule has 7 atom stereocenters. The van der Waals surface area contributed by atoms with Crippen LogP contribution >= 0.6 is 0 Å². The van der Waals surface area contributed by atoms with Crippen LogP contribution in [0.3, 0.4) is 0 Å². The molecule has 3 amide bonds. The lowest BCUT2D eigenvalue weighted by Gasteiger charge is -2.37. The highest BCUT2D eigenvalue weighted by Gasteiger charge is 2.67. The predicted octanol–water partition coefficient (Wildman–Crippen LogP) is 2.68. The van der Waals surface area contributed by atoms with Crippen LogP contribution < -0.4 is 5.32 Å². The third-order valence-electron chi connectivity index (χ3n) is 7.33. The minimum atomic E-state index is -0.800. The molecule has 3 fully saturated rings. The Morgan fingerprint density at radius 3 is 2.26 bits per heavy atom. The Hall–Kier alpha value is -2.43. The molecule has 1 aromatic carbocycles. The third-order valence-corrected chi connectivity index (χ3v) is 7.33. The second-order valence-electron chi connectivity index (χ2n) is 8.61. The zero-order valence-electron chi connectivity index (χ0n) is 15.8. The Labute approximate surface area is 158 Å². The van der Waals surface area contributed by atoms with E-state index in [1.54, 1.807) is 6.92 Å². The molecule has 1 saturated heterocycles. The van der Waals surface area contributed by atoms with E-state index in [1.165, 1.54) is 4.90 Å². The number of imide groups is 1. The van der Waals surface area contributed by atoms with Crippen molar-refractivity contribution in [1.82, 2.24) is 4.90 Å². The van der Waals surface area contributed by atoms with Gasteiger partial charge in [-0.05, 0) is 68.1 Å². The Balaban J connectivity index is 1.39. The molecule has 5 heteroatoms. The van der Waals surface area contributed by atoms with Crippen molar-refractivity contribution in [2.75, 3.05) is 5.32 Å². The van der Waals surface area contributed by atoms with Crippen molar-refractivity contribution < 1.29 is 14.4 Å². The number of amides is 3. The topological polar surface area (TPSA) is 66.5 Å². The van der Waals surface area contributed by atoms with E-state index in [0.717, 1.165) is 23.2 Å². The van der Waals surface area contributed by atoms with Gasteiger partial charge in [-0.2, -0.15) is 0 Å². The number of nitrogens with one attached hydrogen (secondary N) is 1. The van der Waals surface area contributed by atoms with Gasteiger partial charge in [0.2, 0.25) is 17.7 Å². The van der Waals surface area contributed by atoms with Gasteiger partial charge in [0.25, 0.3) is 0 Å². The first-order valence-electron chi connectivity index (χ1n) is 9.82. The molecule has 5 nitrogen and oxygen atoms in total. The van der Waals surface area contributed by atoms with Crippen molar-refractivity contribution in [3.63, 3.8) is 0 Å². The number of rotatable bonds is 3. The number of likely N-dealkylation sites (tertiary alicyclic amines) is 1. The zero-order valence-corrected chi connectivity index (χ0v) is 15.8. The largest absolute Gasteiger partial charge is 0.324 e. The van der Waals surface area contributed by atoms with Crippen LogP contribution in [0.2, 0.25) is 0 Å². The molecule has 1 heterocycles. The van der Waals surface area contributed by atoms with Crippen LogP contribution in [-0.2, 0) is 14.4 Å². The molecule has 0 aromatic heterocycles. The Morgan fingerprint density at radius 2 is 1.67 bits per heavy atom. The summed E-state index contributed by atoms with van der Waals surface area (Å²) in [4.78, 5) is 40.3. The van der Waals surface area contributed by atoms with Crippen molar-refractivity contribution in [1.29, 1.82) is 0 Å². The van der Waals surface area contributed by atoms with E-state index < -0.39 is 6.04 Å². The minimum absolute atomic E-state index is 0.154. The molecule has 2 saturated carbocycles. The fraction of sp³-hybridized carbons (Fsp3) is 0.500. The summed E-state index contributed by atoms with van der Waals surface area (Å²) in [5.74, 6) is 0.362. The van der Waals surface area contributed by atoms with Gasteiger partial charge in [-0.25, -0.2) is 0 Å². The van der Waals surface area contributed by atoms with E-state index in [4.69, 9.17) is 0 Å². The molecule has 0 unspecified atom stereocenters. The maximum atomic E-state index is 13.1. The van der Waals surface area contributed by atoms with Crippen LogP contribution in [0.4, 0.5) is 5.69 Å². The second-order valence-corrected chi connectivity index (χ2v) is 8.61. The highest BCUT2D eigenvalue weighted by molar-refractivity contribution is 6.10. The molecular weight excluding hydrogens is 340 g/mol. The van der Waals surface area contributed by atoms with E-state index in [2.05, 4.69) is 17.5 Å². The quantitative estimate of drug-likeness (QED) is 0.662. The number of allylic oxidation sites excluding steroid dienone is 2. The highest BCUT2D eigenvalue weighted by Crippen LogP contribution is 2.65. The summed E-state index contributed by atoms with van der Waals surface area (Å²) in [5.41, 5.74) is 2.81. The zero-order chi connectivity index (χ0) is 19.0. The van der Waals surface area contributed by atoms with Gasteiger partial charge in [-0.15, -0.1) is 0 Å². The molecule has 1 N–H and O–H groups in total. The van der Waals surface area contributed by atoms with Gasteiger partial charge < -0.3 is 5.32 Å². The molecule has 140 valence electrons. The van der Waals surface area contributed by atoms with Gasteiger partial charge >= 0.3 is 0 Å². The van der Waals surface area contributed by atoms with Gasteiger partial charge in [0.15, 0.2) is 0 Å². The van der Waals surface area contributed by atoms with Crippen LogP contribution in [0, 0.1) is 49.4 Å². The maximum absolute atomic E-state index is 13.1. The smallest absolute Gasteiger partial charge is 0.247 e. The SMILES string of the molecule is Cc1cccc(NC(=O)[C@H](C)N2C(=O)[C@@H]3[C@@H]4C=C[C@H]([C@H]5C[C@H]45)[C@@H]3C2=O)c1C. The summed E-state index contributed by atoms with van der Waals surface area (Å²) >= 11 is 0. The number of carbonyl (C=O) groups is 3. The van der Waals surface area contributed by atoms with Crippen LogP contribution in [-0.4, -0.2) is 28.7 Å². The van der Waals surface area contributed by atoms with Gasteiger partial charge in [0.1, 0.15) is 6.04 Å². The van der Waals surface area contributed by atoms with Crippen LogP contribution in [0.25, 0.3) is 0 Å². The first kappa shape index (κ1) is 16.7. The summed E-state index contributed by atoms with van der Waals surface area (Å²) in [6.45, 7) is 5.59. The number of benzene rings is 1. The van der Waals surface area contributed by atoms with Crippen LogP contribution in [0.1, 0.15) is 24.5 Å². The minimum Gasteiger partial charge on any atom is -0.324 e. The van der Waals surface area contributed by atoms with E-state index in [1.807, 2.05) is 32.0 Å². The van der Waals surface area contributed by atoms with Gasteiger partial charge in [-0.1, -0.05) is 24.3 Å². The number of aryl methyl sites for hydroxylation is 1. The predicted molar refractivity (Wildman–Crippen MR) is 101 cm³/mol. The maximum Gasteiger partial charge on any atom is 0.247 e. The van der Waals surface area contributed by atoms with Crippen molar-refractivity contribution >= 4 is 23.4 Å². The summed E-state index contributed by atoms with van der Waals surface area (Å²) in [6, 6.07) is 4.92. The Kier molecular flexibility index (Phi) is 3.43. The molecule has 1 aliphatic heterocycles. The van der Waals surface area contributed by atoms with E-state index >= 15 is 0 Å². The number of nitrogens with zero attached hydrogens (tertiary/aromatic N) is 1. The van der Waals surface area contributed by atoms with E-state index in [-0.39, 0.29) is 41.4 Å². The first-order chi connectivity index (χ1) is 12.9. The monoisotopic (exact) mass is 364 g/mol. The van der Waals surface area contributed by atoms with Crippen molar-refractivity contribution in [2.45, 2.75) is 33.2 Å². The molecule has 6 rings (SSSR count). The number of hydrogen-bond donors (Lipinski definition) is 1. The lowest BCUT2D eigenvalue weighted by atomic mass is 9.63. The lowest BCUT2D eigenvalue weighted by molar-refractivity contribution is -0.146. The highest BCUT2D eigenvalue weighted by atomic mass is 16.2. The third kappa shape index (κ3) is 2.20. The fourth-order valence-corrected chi connectivity index (χ4v) is 5.60. The number of carbonyl (C=O) groups excluding carboxylic acids is 3. The van der Waals surface area contributed by atoms with Crippen molar-refractivity contribution in [3.8, 4) is 0 Å². The number of hydrogen-bond acceptors (Lipinski definition) is 3. The average Bonchev–Trinajstić information content (AvgIpc) is 3.42. The molecule has 0 radical (unpaired) electrons. The summed E-state index contributed by atoms with van der Waals surface area (Å²) < 4.78 is 0. The lowest BCUT2D eigenvalue weighted by Crippen LogP contribution is -2.46. The molecular formula is C22H24N2O3. The fourth-order valence-electron chi connectivity index (χ4n) is 5.60. The normalized spacial score (nSPS) is 36.5. The first-order valence-corrected chi connectivity index (χ1v) is 9.82. The van der Waals surface area contributed by atoms with Crippen LogP contribution in [0.15, 0.2) is 30.4 Å². The van der Waals surface area contributed by atoms with Crippen molar-refractivity contribution in [3.05, 3.63) is 41.5 Å². The molecule has 5 aliphatic rings.